The highest BCUT2D eigenvalue weighted by Crippen LogP contribution is 2.16. The van der Waals surface area contributed by atoms with Crippen LogP contribution >= 0.6 is 11.3 Å². The molecule has 1 aliphatic heterocycles. The Morgan fingerprint density at radius 1 is 1.32 bits per heavy atom. The van der Waals surface area contributed by atoms with Crippen molar-refractivity contribution >= 4 is 11.3 Å². The molecule has 0 amide bonds. The van der Waals surface area contributed by atoms with Crippen LogP contribution in [0.2, 0.25) is 0 Å². The zero-order valence-electron chi connectivity index (χ0n) is 13.2. The molecule has 1 unspecified atom stereocenters. The zero-order valence-corrected chi connectivity index (χ0v) is 14.0. The van der Waals surface area contributed by atoms with Crippen LogP contribution in [-0.4, -0.2) is 46.2 Å². The average molecular weight is 318 g/mol. The van der Waals surface area contributed by atoms with Crippen LogP contribution in [0.5, 0.6) is 0 Å². The number of nitrogens with zero attached hydrogens (tertiary/aromatic N) is 4. The number of aryl methyl sites for hydroxylation is 2. The molecular weight excluding hydrogens is 296 g/mol. The summed E-state index contributed by atoms with van der Waals surface area (Å²) in [5.74, 6) is 1.30. The number of thiazole rings is 1. The predicted molar refractivity (Wildman–Crippen MR) is 86.9 cm³/mol. The first kappa shape index (κ1) is 15.5. The molecule has 1 aliphatic rings. The van der Waals surface area contributed by atoms with Gasteiger partial charge in [0.2, 0.25) is 0 Å². The Labute approximate surface area is 135 Å². The SMILES string of the molecule is Cc1nccc(CC2COCCN(Cc3csc(C)n3)C2)n1. The van der Waals surface area contributed by atoms with Crippen molar-refractivity contribution in [2.24, 2.45) is 5.92 Å². The molecule has 0 spiro atoms. The third kappa shape index (κ3) is 4.32. The van der Waals surface area contributed by atoms with Gasteiger partial charge in [0, 0.05) is 42.8 Å². The summed E-state index contributed by atoms with van der Waals surface area (Å²) in [4.78, 5) is 15.7. The maximum absolute atomic E-state index is 5.78. The van der Waals surface area contributed by atoms with E-state index in [9.17, 15) is 0 Å². The molecule has 0 bridgehead atoms. The Morgan fingerprint density at radius 3 is 3.00 bits per heavy atom. The lowest BCUT2D eigenvalue weighted by atomic mass is 10.0. The third-order valence-corrected chi connectivity index (χ3v) is 4.63. The van der Waals surface area contributed by atoms with Gasteiger partial charge >= 0.3 is 0 Å². The molecule has 1 saturated heterocycles. The maximum Gasteiger partial charge on any atom is 0.125 e. The van der Waals surface area contributed by atoms with Gasteiger partial charge in [0.15, 0.2) is 0 Å². The van der Waals surface area contributed by atoms with Gasteiger partial charge in [-0.05, 0) is 26.3 Å². The number of hydrogen-bond donors (Lipinski definition) is 0. The van der Waals surface area contributed by atoms with Crippen LogP contribution in [0, 0.1) is 19.8 Å². The van der Waals surface area contributed by atoms with Gasteiger partial charge in [-0.1, -0.05) is 0 Å². The third-order valence-electron chi connectivity index (χ3n) is 3.81. The van der Waals surface area contributed by atoms with Gasteiger partial charge in [-0.3, -0.25) is 4.90 Å². The van der Waals surface area contributed by atoms with Gasteiger partial charge in [0.05, 0.1) is 23.9 Å². The summed E-state index contributed by atoms with van der Waals surface area (Å²) in [6, 6.07) is 2.01. The molecule has 0 N–H and O–H groups in total. The Hall–Kier alpha value is -1.37. The molecule has 22 heavy (non-hydrogen) atoms. The summed E-state index contributed by atoms with van der Waals surface area (Å²) in [6.07, 6.45) is 2.78. The summed E-state index contributed by atoms with van der Waals surface area (Å²) in [5.41, 5.74) is 2.27. The number of hydrogen-bond acceptors (Lipinski definition) is 6. The van der Waals surface area contributed by atoms with E-state index in [2.05, 4.69) is 32.2 Å². The van der Waals surface area contributed by atoms with Crippen molar-refractivity contribution in [2.75, 3.05) is 26.3 Å². The highest BCUT2D eigenvalue weighted by Gasteiger charge is 2.20. The topological polar surface area (TPSA) is 51.1 Å². The van der Waals surface area contributed by atoms with Crippen molar-refractivity contribution in [3.8, 4) is 0 Å². The second-order valence-corrected chi connectivity index (χ2v) is 6.90. The molecule has 0 radical (unpaired) electrons. The second kappa shape index (κ2) is 7.26. The Morgan fingerprint density at radius 2 is 2.23 bits per heavy atom. The first-order valence-electron chi connectivity index (χ1n) is 7.68. The molecule has 3 heterocycles. The minimum Gasteiger partial charge on any atom is -0.380 e. The Kier molecular flexibility index (Phi) is 5.12. The molecular formula is C16H22N4OS. The molecule has 2 aromatic heterocycles. The largest absolute Gasteiger partial charge is 0.380 e. The maximum atomic E-state index is 5.78. The van der Waals surface area contributed by atoms with Gasteiger partial charge in [0.1, 0.15) is 5.82 Å². The normalized spacial score (nSPS) is 20.0. The standard InChI is InChI=1S/C16H22N4OS/c1-12-17-4-3-15(18-12)7-14-8-20(5-6-21-10-14)9-16-11-22-13(2)19-16/h3-4,11,14H,5-10H2,1-2H3. The van der Waals surface area contributed by atoms with E-state index in [1.165, 1.54) is 5.69 Å². The average Bonchev–Trinajstić information content (AvgIpc) is 2.75. The molecule has 0 aromatic carbocycles. The molecule has 118 valence electrons. The van der Waals surface area contributed by atoms with Crippen molar-refractivity contribution in [1.29, 1.82) is 0 Å². The van der Waals surface area contributed by atoms with Crippen LogP contribution in [-0.2, 0) is 17.7 Å². The van der Waals surface area contributed by atoms with E-state index in [0.717, 1.165) is 55.8 Å². The van der Waals surface area contributed by atoms with Crippen LogP contribution in [0.4, 0.5) is 0 Å². The number of aromatic nitrogens is 3. The Bertz CT molecular complexity index is 616. The fourth-order valence-corrected chi connectivity index (χ4v) is 3.45. The van der Waals surface area contributed by atoms with Crippen molar-refractivity contribution in [3.63, 3.8) is 0 Å². The zero-order chi connectivity index (χ0) is 15.4. The van der Waals surface area contributed by atoms with Gasteiger partial charge in [-0.25, -0.2) is 15.0 Å². The van der Waals surface area contributed by atoms with E-state index >= 15 is 0 Å². The molecule has 1 fully saturated rings. The van der Waals surface area contributed by atoms with Crippen LogP contribution in [0.25, 0.3) is 0 Å². The van der Waals surface area contributed by atoms with Gasteiger partial charge in [0.25, 0.3) is 0 Å². The molecule has 0 saturated carbocycles. The predicted octanol–water partition coefficient (Wildman–Crippen LogP) is 2.24. The van der Waals surface area contributed by atoms with Crippen LogP contribution in [0.15, 0.2) is 17.6 Å². The highest BCUT2D eigenvalue weighted by atomic mass is 32.1. The quantitative estimate of drug-likeness (QED) is 0.865. The summed E-state index contributed by atoms with van der Waals surface area (Å²) in [7, 11) is 0. The summed E-state index contributed by atoms with van der Waals surface area (Å²) < 4.78 is 5.78. The van der Waals surface area contributed by atoms with E-state index in [1.807, 2.05) is 19.2 Å². The summed E-state index contributed by atoms with van der Waals surface area (Å²) >= 11 is 1.72. The monoisotopic (exact) mass is 318 g/mol. The summed E-state index contributed by atoms with van der Waals surface area (Å²) in [5, 5.41) is 3.29. The van der Waals surface area contributed by atoms with E-state index < -0.39 is 0 Å². The molecule has 3 rings (SSSR count). The van der Waals surface area contributed by atoms with Crippen molar-refractivity contribution in [3.05, 3.63) is 39.9 Å². The summed E-state index contributed by atoms with van der Waals surface area (Å²) in [6.45, 7) is 8.49. The van der Waals surface area contributed by atoms with Crippen molar-refractivity contribution in [2.45, 2.75) is 26.8 Å². The minimum atomic E-state index is 0.469. The van der Waals surface area contributed by atoms with E-state index in [4.69, 9.17) is 4.74 Å². The smallest absolute Gasteiger partial charge is 0.125 e. The molecule has 2 aromatic rings. The first-order chi connectivity index (χ1) is 10.7. The van der Waals surface area contributed by atoms with E-state index in [1.54, 1.807) is 11.3 Å². The van der Waals surface area contributed by atoms with Crippen LogP contribution < -0.4 is 0 Å². The molecule has 6 heteroatoms. The van der Waals surface area contributed by atoms with E-state index in [-0.39, 0.29) is 0 Å². The fourth-order valence-electron chi connectivity index (χ4n) is 2.84. The second-order valence-electron chi connectivity index (χ2n) is 5.83. The lowest BCUT2D eigenvalue weighted by molar-refractivity contribution is 0.121. The molecule has 5 nitrogen and oxygen atoms in total. The molecule has 0 aliphatic carbocycles. The minimum absolute atomic E-state index is 0.469. The number of ether oxygens (including phenoxy) is 1. The van der Waals surface area contributed by atoms with Gasteiger partial charge in [-0.15, -0.1) is 11.3 Å². The van der Waals surface area contributed by atoms with E-state index in [0.29, 0.717) is 5.92 Å². The Balaban J connectivity index is 1.62. The first-order valence-corrected chi connectivity index (χ1v) is 8.56. The van der Waals surface area contributed by atoms with Crippen molar-refractivity contribution in [1.82, 2.24) is 19.9 Å². The highest BCUT2D eigenvalue weighted by molar-refractivity contribution is 7.09. The fraction of sp³-hybridized carbons (Fsp3) is 0.562. The van der Waals surface area contributed by atoms with Crippen LogP contribution in [0.1, 0.15) is 22.2 Å². The van der Waals surface area contributed by atoms with Crippen molar-refractivity contribution < 1.29 is 4.74 Å². The van der Waals surface area contributed by atoms with Gasteiger partial charge in [-0.2, -0.15) is 0 Å². The lowest BCUT2D eigenvalue weighted by Crippen LogP contribution is -2.30. The molecule has 1 atom stereocenters. The lowest BCUT2D eigenvalue weighted by Gasteiger charge is -2.22. The van der Waals surface area contributed by atoms with Gasteiger partial charge < -0.3 is 4.74 Å². The number of rotatable bonds is 4. The van der Waals surface area contributed by atoms with Crippen LogP contribution in [0.3, 0.4) is 0 Å².